The highest BCUT2D eigenvalue weighted by Gasteiger charge is 2.31. The standard InChI is InChI=1S/C22H20N4O3S/c1-13(20(28)15-9-10-18-17(11-15)23-19(27)12-29-18)30-22-24-21(14-7-8-14)26(25-22)16-5-3-2-4-6-16/h2-6,9-11,13-14H,7-8,12H2,1H3,(H,23,27)/t13-/m0/s1. The maximum absolute atomic E-state index is 13.0. The zero-order valence-electron chi connectivity index (χ0n) is 16.4. The van der Waals surface area contributed by atoms with Gasteiger partial charge in [-0.05, 0) is 50.1 Å². The van der Waals surface area contributed by atoms with Crippen molar-refractivity contribution in [2.45, 2.75) is 36.1 Å². The summed E-state index contributed by atoms with van der Waals surface area (Å²) in [5.74, 6) is 1.69. The number of anilines is 1. The molecule has 1 aliphatic heterocycles. The second kappa shape index (κ2) is 7.60. The van der Waals surface area contributed by atoms with E-state index in [-0.39, 0.29) is 23.5 Å². The van der Waals surface area contributed by atoms with E-state index in [9.17, 15) is 9.59 Å². The molecule has 2 aliphatic rings. The van der Waals surface area contributed by atoms with Gasteiger partial charge in [-0.1, -0.05) is 30.0 Å². The van der Waals surface area contributed by atoms with Crippen molar-refractivity contribution in [2.24, 2.45) is 0 Å². The van der Waals surface area contributed by atoms with Crippen molar-refractivity contribution >= 4 is 29.1 Å². The number of benzene rings is 2. The first-order valence-corrected chi connectivity index (χ1v) is 10.8. The minimum Gasteiger partial charge on any atom is -0.482 e. The Labute approximate surface area is 177 Å². The van der Waals surface area contributed by atoms with Crippen LogP contribution in [-0.2, 0) is 4.79 Å². The Balaban J connectivity index is 1.37. The summed E-state index contributed by atoms with van der Waals surface area (Å²) < 4.78 is 7.25. The number of carbonyl (C=O) groups is 2. The number of thioether (sulfide) groups is 1. The molecule has 0 radical (unpaired) electrons. The molecule has 1 N–H and O–H groups in total. The number of nitrogens with zero attached hydrogens (tertiary/aromatic N) is 3. The first-order chi connectivity index (χ1) is 14.6. The van der Waals surface area contributed by atoms with Gasteiger partial charge in [0.25, 0.3) is 5.91 Å². The van der Waals surface area contributed by atoms with E-state index in [1.807, 2.05) is 41.9 Å². The van der Waals surface area contributed by atoms with Crippen molar-refractivity contribution in [1.82, 2.24) is 14.8 Å². The second-order valence-electron chi connectivity index (χ2n) is 7.45. The van der Waals surface area contributed by atoms with Gasteiger partial charge in [0.15, 0.2) is 12.4 Å². The summed E-state index contributed by atoms with van der Waals surface area (Å²) in [4.78, 5) is 29.3. The summed E-state index contributed by atoms with van der Waals surface area (Å²) >= 11 is 1.35. The van der Waals surface area contributed by atoms with Crippen molar-refractivity contribution in [3.63, 3.8) is 0 Å². The van der Waals surface area contributed by atoms with E-state index in [4.69, 9.17) is 9.72 Å². The Morgan fingerprint density at radius 3 is 2.80 bits per heavy atom. The Morgan fingerprint density at radius 2 is 2.03 bits per heavy atom. The number of aromatic nitrogens is 3. The van der Waals surface area contributed by atoms with Crippen molar-refractivity contribution in [3.8, 4) is 11.4 Å². The highest BCUT2D eigenvalue weighted by atomic mass is 32.2. The fourth-order valence-corrected chi connectivity index (χ4v) is 4.24. The van der Waals surface area contributed by atoms with Crippen LogP contribution in [0.5, 0.6) is 5.75 Å². The van der Waals surface area contributed by atoms with Crippen LogP contribution in [0, 0.1) is 0 Å². The van der Waals surface area contributed by atoms with Crippen LogP contribution >= 0.6 is 11.8 Å². The third-order valence-electron chi connectivity index (χ3n) is 5.10. The number of carbonyl (C=O) groups excluding carboxylic acids is 2. The number of rotatable bonds is 6. The fraction of sp³-hybridized carbons (Fsp3) is 0.273. The number of fused-ring (bicyclic) bond motifs is 1. The molecule has 1 fully saturated rings. The van der Waals surface area contributed by atoms with Crippen molar-refractivity contribution in [3.05, 3.63) is 59.9 Å². The third kappa shape index (κ3) is 3.70. The van der Waals surface area contributed by atoms with Gasteiger partial charge in [0.2, 0.25) is 5.16 Å². The summed E-state index contributed by atoms with van der Waals surface area (Å²) in [5.41, 5.74) is 2.02. The number of hydrogen-bond donors (Lipinski definition) is 1. The maximum Gasteiger partial charge on any atom is 0.262 e. The molecule has 7 nitrogen and oxygen atoms in total. The average molecular weight is 420 g/mol. The first kappa shape index (κ1) is 18.9. The predicted octanol–water partition coefficient (Wildman–Crippen LogP) is 3.84. The van der Waals surface area contributed by atoms with Gasteiger partial charge < -0.3 is 10.1 Å². The number of ketones is 1. The van der Waals surface area contributed by atoms with Crippen LogP contribution in [0.15, 0.2) is 53.7 Å². The lowest BCUT2D eigenvalue weighted by atomic mass is 10.1. The number of para-hydroxylation sites is 1. The van der Waals surface area contributed by atoms with Gasteiger partial charge in [0, 0.05) is 11.5 Å². The monoisotopic (exact) mass is 420 g/mol. The molecule has 1 atom stereocenters. The normalized spacial score (nSPS) is 16.4. The van der Waals surface area contributed by atoms with Crippen molar-refractivity contribution < 1.29 is 14.3 Å². The largest absolute Gasteiger partial charge is 0.482 e. The maximum atomic E-state index is 13.0. The molecule has 30 heavy (non-hydrogen) atoms. The van der Waals surface area contributed by atoms with E-state index < -0.39 is 0 Å². The molecule has 2 aromatic carbocycles. The number of amides is 1. The molecule has 3 aromatic rings. The minimum absolute atomic E-state index is 0.00832. The van der Waals surface area contributed by atoms with Gasteiger partial charge in [-0.25, -0.2) is 9.67 Å². The quantitative estimate of drug-likeness (QED) is 0.482. The van der Waals surface area contributed by atoms with Gasteiger partial charge in [-0.2, -0.15) is 0 Å². The molecule has 0 saturated heterocycles. The lowest BCUT2D eigenvalue weighted by Crippen LogP contribution is -2.25. The topological polar surface area (TPSA) is 86.1 Å². The summed E-state index contributed by atoms with van der Waals surface area (Å²) in [6.45, 7) is 1.84. The fourth-order valence-electron chi connectivity index (χ4n) is 3.40. The number of nitrogens with one attached hydrogen (secondary N) is 1. The van der Waals surface area contributed by atoms with Gasteiger partial charge >= 0.3 is 0 Å². The highest BCUT2D eigenvalue weighted by molar-refractivity contribution is 8.00. The van der Waals surface area contributed by atoms with Crippen LogP contribution in [0.2, 0.25) is 0 Å². The molecule has 1 aromatic heterocycles. The number of hydrogen-bond acceptors (Lipinski definition) is 6. The van der Waals surface area contributed by atoms with Gasteiger partial charge in [-0.15, -0.1) is 5.10 Å². The first-order valence-electron chi connectivity index (χ1n) is 9.88. The molecule has 152 valence electrons. The number of ether oxygens (including phenoxy) is 1. The van der Waals surface area contributed by atoms with Crippen LogP contribution in [0.25, 0.3) is 5.69 Å². The van der Waals surface area contributed by atoms with Gasteiger partial charge in [0.1, 0.15) is 11.6 Å². The van der Waals surface area contributed by atoms with Crippen molar-refractivity contribution in [1.29, 1.82) is 0 Å². The van der Waals surface area contributed by atoms with Crippen LogP contribution in [0.4, 0.5) is 5.69 Å². The molecule has 0 spiro atoms. The van der Waals surface area contributed by atoms with Gasteiger partial charge in [-0.3, -0.25) is 9.59 Å². The third-order valence-corrected chi connectivity index (χ3v) is 6.06. The van der Waals surface area contributed by atoms with E-state index in [1.54, 1.807) is 18.2 Å². The SMILES string of the molecule is C[C@H](Sc1nc(C2CC2)n(-c2ccccc2)n1)C(=O)c1ccc2c(c1)NC(=O)CO2. The average Bonchev–Trinajstić information content (AvgIpc) is 3.53. The summed E-state index contributed by atoms with van der Waals surface area (Å²) in [5, 5.41) is 7.64. The molecule has 8 heteroatoms. The van der Waals surface area contributed by atoms with Crippen LogP contribution in [0.3, 0.4) is 0 Å². The molecule has 5 rings (SSSR count). The smallest absolute Gasteiger partial charge is 0.262 e. The van der Waals surface area contributed by atoms with E-state index >= 15 is 0 Å². The van der Waals surface area contributed by atoms with Crippen LogP contribution < -0.4 is 10.1 Å². The second-order valence-corrected chi connectivity index (χ2v) is 8.75. The molecular formula is C22H20N4O3S. The van der Waals surface area contributed by atoms with E-state index in [0.717, 1.165) is 24.4 Å². The summed E-state index contributed by atoms with van der Waals surface area (Å²) in [6.07, 6.45) is 2.24. The number of Topliss-reactive ketones (excluding diaryl/α,β-unsaturated/α-hetero) is 1. The zero-order chi connectivity index (χ0) is 20.7. The molecule has 2 heterocycles. The van der Waals surface area contributed by atoms with Crippen LogP contribution in [-0.4, -0.2) is 38.3 Å². The molecule has 1 amide bonds. The lowest BCUT2D eigenvalue weighted by Gasteiger charge is -2.18. The predicted molar refractivity (Wildman–Crippen MR) is 114 cm³/mol. The van der Waals surface area contributed by atoms with E-state index in [0.29, 0.717) is 28.1 Å². The Bertz CT molecular complexity index is 1120. The zero-order valence-corrected chi connectivity index (χ0v) is 17.2. The molecule has 0 unspecified atom stereocenters. The lowest BCUT2D eigenvalue weighted by molar-refractivity contribution is -0.118. The minimum atomic E-state index is -0.373. The van der Waals surface area contributed by atoms with Crippen molar-refractivity contribution in [2.75, 3.05) is 11.9 Å². The van der Waals surface area contributed by atoms with Gasteiger partial charge in [0.05, 0.1) is 16.6 Å². The Morgan fingerprint density at radius 1 is 1.23 bits per heavy atom. The molecule has 1 aliphatic carbocycles. The van der Waals surface area contributed by atoms with E-state index in [1.165, 1.54) is 11.8 Å². The molecule has 1 saturated carbocycles. The van der Waals surface area contributed by atoms with Crippen LogP contribution in [0.1, 0.15) is 41.9 Å². The summed E-state index contributed by atoms with van der Waals surface area (Å²) in [7, 11) is 0. The molecule has 0 bridgehead atoms. The Kier molecular flexibility index (Phi) is 4.78. The Hall–Kier alpha value is -3.13. The van der Waals surface area contributed by atoms with E-state index in [2.05, 4.69) is 10.4 Å². The highest BCUT2D eigenvalue weighted by Crippen LogP contribution is 2.41. The molecular weight excluding hydrogens is 400 g/mol. The summed E-state index contributed by atoms with van der Waals surface area (Å²) in [6, 6.07) is 15.0.